The lowest BCUT2D eigenvalue weighted by Gasteiger charge is -2.30. The number of aromatic nitrogens is 1. The SMILES string of the molecule is Cc1nc(CCCCN2CCC(=C3c4ccccc4C=Cc4ccccc43)CC2)c(C)c(C)c1C. The first-order valence-corrected chi connectivity index (χ1v) is 13.3. The van der Waals surface area contributed by atoms with Crippen LogP contribution in [0.2, 0.25) is 0 Å². The summed E-state index contributed by atoms with van der Waals surface area (Å²) in [5.74, 6) is 0. The summed E-state index contributed by atoms with van der Waals surface area (Å²) in [6.07, 6.45) is 10.4. The third-order valence-corrected chi connectivity index (χ3v) is 8.26. The molecule has 0 saturated carbocycles. The van der Waals surface area contributed by atoms with Crippen LogP contribution in [0.4, 0.5) is 0 Å². The third-order valence-electron chi connectivity index (χ3n) is 8.26. The summed E-state index contributed by atoms with van der Waals surface area (Å²) >= 11 is 0. The summed E-state index contributed by atoms with van der Waals surface area (Å²) in [5.41, 5.74) is 15.2. The van der Waals surface area contributed by atoms with E-state index >= 15 is 0 Å². The van der Waals surface area contributed by atoms with Crippen LogP contribution in [0.3, 0.4) is 0 Å². The average molecular weight is 463 g/mol. The maximum absolute atomic E-state index is 4.90. The smallest absolute Gasteiger partial charge is 0.0438 e. The van der Waals surface area contributed by atoms with Gasteiger partial charge in [-0.05, 0) is 111 Å². The highest BCUT2D eigenvalue weighted by Gasteiger charge is 2.22. The van der Waals surface area contributed by atoms with E-state index in [2.05, 4.69) is 93.3 Å². The van der Waals surface area contributed by atoms with Crippen molar-refractivity contribution in [1.82, 2.24) is 9.88 Å². The van der Waals surface area contributed by atoms with Crippen LogP contribution in [0.15, 0.2) is 54.1 Å². The molecule has 0 bridgehead atoms. The first-order valence-electron chi connectivity index (χ1n) is 13.3. The zero-order valence-corrected chi connectivity index (χ0v) is 21.8. The van der Waals surface area contributed by atoms with E-state index in [1.807, 2.05) is 0 Å². The molecule has 0 atom stereocenters. The van der Waals surface area contributed by atoms with Gasteiger partial charge in [0.15, 0.2) is 0 Å². The summed E-state index contributed by atoms with van der Waals surface area (Å²) < 4.78 is 0. The first-order chi connectivity index (χ1) is 17.0. The molecule has 2 heterocycles. The fourth-order valence-electron chi connectivity index (χ4n) is 5.75. The van der Waals surface area contributed by atoms with Crippen LogP contribution in [0.5, 0.6) is 0 Å². The Morgan fingerprint density at radius 2 is 1.31 bits per heavy atom. The Balaban J connectivity index is 1.24. The number of rotatable bonds is 5. The van der Waals surface area contributed by atoms with Crippen molar-refractivity contribution in [2.24, 2.45) is 0 Å². The molecule has 1 aliphatic carbocycles. The second kappa shape index (κ2) is 10.3. The second-order valence-electron chi connectivity index (χ2n) is 10.3. The minimum absolute atomic E-state index is 1.09. The number of piperidine rings is 1. The number of likely N-dealkylation sites (tertiary alicyclic amines) is 1. The Bertz CT molecular complexity index is 1230. The lowest BCUT2D eigenvalue weighted by Crippen LogP contribution is -2.32. The Labute approximate surface area is 211 Å². The lowest BCUT2D eigenvalue weighted by molar-refractivity contribution is 0.252. The second-order valence-corrected chi connectivity index (χ2v) is 10.3. The topological polar surface area (TPSA) is 16.1 Å². The van der Waals surface area contributed by atoms with Gasteiger partial charge in [0.25, 0.3) is 0 Å². The van der Waals surface area contributed by atoms with E-state index in [4.69, 9.17) is 4.98 Å². The first kappa shape index (κ1) is 23.8. The number of unbranched alkanes of at least 4 members (excludes halogenated alkanes) is 1. The zero-order valence-electron chi connectivity index (χ0n) is 21.8. The van der Waals surface area contributed by atoms with Crippen molar-refractivity contribution >= 4 is 17.7 Å². The molecule has 0 spiro atoms. The molecule has 0 N–H and O–H groups in total. The molecule has 2 aliphatic rings. The van der Waals surface area contributed by atoms with Gasteiger partial charge >= 0.3 is 0 Å². The Kier molecular flexibility index (Phi) is 7.02. The molecule has 5 rings (SSSR count). The van der Waals surface area contributed by atoms with Crippen LogP contribution in [-0.2, 0) is 6.42 Å². The quantitative estimate of drug-likeness (QED) is 0.282. The number of aryl methyl sites for hydroxylation is 2. The van der Waals surface area contributed by atoms with Crippen LogP contribution in [0.1, 0.15) is 76.0 Å². The number of fused-ring (bicyclic) bond motifs is 2. The van der Waals surface area contributed by atoms with Gasteiger partial charge in [-0.1, -0.05) is 66.3 Å². The Morgan fingerprint density at radius 1 is 0.714 bits per heavy atom. The summed E-state index contributed by atoms with van der Waals surface area (Å²) in [5, 5.41) is 0. The highest BCUT2D eigenvalue weighted by atomic mass is 15.1. The van der Waals surface area contributed by atoms with Gasteiger partial charge in [0.1, 0.15) is 0 Å². The number of benzene rings is 2. The van der Waals surface area contributed by atoms with Crippen LogP contribution in [0.25, 0.3) is 17.7 Å². The molecule has 1 aliphatic heterocycles. The predicted octanol–water partition coefficient (Wildman–Crippen LogP) is 7.72. The molecule has 1 saturated heterocycles. The van der Waals surface area contributed by atoms with E-state index in [0.717, 1.165) is 32.4 Å². The van der Waals surface area contributed by atoms with Gasteiger partial charge in [0.2, 0.25) is 0 Å². The molecule has 3 aromatic rings. The Hall–Kier alpha value is -2.97. The molecule has 2 nitrogen and oxygen atoms in total. The van der Waals surface area contributed by atoms with Gasteiger partial charge in [-0.3, -0.25) is 4.98 Å². The van der Waals surface area contributed by atoms with Crippen molar-refractivity contribution in [2.75, 3.05) is 19.6 Å². The largest absolute Gasteiger partial charge is 0.303 e. The molecule has 0 unspecified atom stereocenters. The van der Waals surface area contributed by atoms with Gasteiger partial charge in [0.05, 0.1) is 0 Å². The standard InChI is InChI=1S/C33H38N2/c1-23-24(2)26(4)34-32(25(23)3)15-9-10-20-35-21-18-29(19-22-35)33-30-13-7-5-11-27(30)16-17-28-12-6-8-14-31(28)33/h5-8,11-14,16-17H,9-10,15,18-22H2,1-4H3. The number of hydrogen-bond acceptors (Lipinski definition) is 2. The molecule has 0 amide bonds. The fourth-order valence-corrected chi connectivity index (χ4v) is 5.75. The number of hydrogen-bond donors (Lipinski definition) is 0. The number of pyridine rings is 1. The highest BCUT2D eigenvalue weighted by molar-refractivity contribution is 5.94. The van der Waals surface area contributed by atoms with Gasteiger partial charge in [-0.15, -0.1) is 0 Å². The maximum atomic E-state index is 4.90. The van der Waals surface area contributed by atoms with Crippen LogP contribution < -0.4 is 0 Å². The van der Waals surface area contributed by atoms with Crippen molar-refractivity contribution in [2.45, 2.75) is 59.8 Å². The number of nitrogens with zero attached hydrogens (tertiary/aromatic N) is 2. The third kappa shape index (κ3) is 4.90. The van der Waals surface area contributed by atoms with Gasteiger partial charge in [-0.2, -0.15) is 0 Å². The average Bonchev–Trinajstić information content (AvgIpc) is 3.05. The zero-order chi connectivity index (χ0) is 24.4. The van der Waals surface area contributed by atoms with Crippen LogP contribution in [-0.4, -0.2) is 29.5 Å². The summed E-state index contributed by atoms with van der Waals surface area (Å²) in [6.45, 7) is 12.3. The van der Waals surface area contributed by atoms with E-state index in [1.54, 1.807) is 5.57 Å². The molecule has 2 heteroatoms. The predicted molar refractivity (Wildman–Crippen MR) is 150 cm³/mol. The molecule has 35 heavy (non-hydrogen) atoms. The minimum atomic E-state index is 1.09. The van der Waals surface area contributed by atoms with Crippen LogP contribution in [0, 0.1) is 27.7 Å². The molecule has 180 valence electrons. The molecule has 1 aromatic heterocycles. The molecular weight excluding hydrogens is 424 g/mol. The lowest BCUT2D eigenvalue weighted by atomic mass is 9.86. The van der Waals surface area contributed by atoms with Crippen molar-refractivity contribution < 1.29 is 0 Å². The summed E-state index contributed by atoms with van der Waals surface area (Å²) in [7, 11) is 0. The summed E-state index contributed by atoms with van der Waals surface area (Å²) in [6, 6.07) is 17.8. The summed E-state index contributed by atoms with van der Waals surface area (Å²) in [4.78, 5) is 7.57. The minimum Gasteiger partial charge on any atom is -0.303 e. The highest BCUT2D eigenvalue weighted by Crippen LogP contribution is 2.38. The van der Waals surface area contributed by atoms with Crippen molar-refractivity contribution in [3.63, 3.8) is 0 Å². The maximum Gasteiger partial charge on any atom is 0.0438 e. The van der Waals surface area contributed by atoms with E-state index < -0.39 is 0 Å². The van der Waals surface area contributed by atoms with Crippen molar-refractivity contribution in [1.29, 1.82) is 0 Å². The normalized spacial score (nSPS) is 15.7. The molecular formula is C33H38N2. The molecule has 2 aromatic carbocycles. The van der Waals surface area contributed by atoms with E-state index in [9.17, 15) is 0 Å². The molecule has 1 fully saturated rings. The van der Waals surface area contributed by atoms with E-state index in [-0.39, 0.29) is 0 Å². The van der Waals surface area contributed by atoms with E-state index in [0.29, 0.717) is 0 Å². The molecule has 0 radical (unpaired) electrons. The van der Waals surface area contributed by atoms with Gasteiger partial charge < -0.3 is 4.90 Å². The van der Waals surface area contributed by atoms with Crippen molar-refractivity contribution in [3.8, 4) is 0 Å². The fraction of sp³-hybridized carbons (Fsp3) is 0.364. The van der Waals surface area contributed by atoms with Crippen LogP contribution >= 0.6 is 0 Å². The monoisotopic (exact) mass is 462 g/mol. The van der Waals surface area contributed by atoms with E-state index in [1.165, 1.54) is 75.3 Å². The van der Waals surface area contributed by atoms with Gasteiger partial charge in [-0.25, -0.2) is 0 Å². The Morgan fingerprint density at radius 3 is 1.94 bits per heavy atom. The van der Waals surface area contributed by atoms with Gasteiger partial charge in [0, 0.05) is 24.5 Å². The van der Waals surface area contributed by atoms with Crippen molar-refractivity contribution in [3.05, 3.63) is 104 Å².